The Bertz CT molecular complexity index is 575. The Morgan fingerprint density at radius 2 is 2.38 bits per heavy atom. The van der Waals surface area contributed by atoms with Crippen LogP contribution in [0.5, 0.6) is 0 Å². The van der Waals surface area contributed by atoms with E-state index >= 15 is 0 Å². The highest BCUT2D eigenvalue weighted by atomic mass is 32.1. The van der Waals surface area contributed by atoms with Crippen molar-refractivity contribution in [2.24, 2.45) is 0 Å². The van der Waals surface area contributed by atoms with Crippen LogP contribution in [0.3, 0.4) is 0 Å². The van der Waals surface area contributed by atoms with E-state index in [4.69, 9.17) is 5.11 Å². The number of carboxylic acid groups (broad SMARTS) is 1. The number of hydrogen-bond donors (Lipinski definition) is 1. The number of carbonyl (C=O) groups is 1. The zero-order chi connectivity index (χ0) is 11.5. The number of nitrogens with zero attached hydrogens (tertiary/aromatic N) is 3. The van der Waals surface area contributed by atoms with Crippen LogP contribution in [0.25, 0.3) is 0 Å². The van der Waals surface area contributed by atoms with Gasteiger partial charge in [0.25, 0.3) is 0 Å². The van der Waals surface area contributed by atoms with Crippen molar-refractivity contribution in [1.29, 1.82) is 0 Å². The van der Waals surface area contributed by atoms with Gasteiger partial charge in [-0.3, -0.25) is 4.57 Å². The van der Waals surface area contributed by atoms with Gasteiger partial charge in [0.05, 0.1) is 12.2 Å². The summed E-state index contributed by atoms with van der Waals surface area (Å²) in [5, 5.41) is 10.3. The maximum atomic E-state index is 11.3. The second kappa shape index (κ2) is 4.23. The molecule has 2 aromatic rings. The molecule has 0 radical (unpaired) electrons. The van der Waals surface area contributed by atoms with Gasteiger partial charge in [-0.1, -0.05) is 0 Å². The Morgan fingerprint density at radius 1 is 1.56 bits per heavy atom. The van der Waals surface area contributed by atoms with E-state index in [1.807, 2.05) is 0 Å². The van der Waals surface area contributed by atoms with Gasteiger partial charge in [0.2, 0.25) is 5.01 Å². The zero-order valence-corrected chi connectivity index (χ0v) is 8.85. The Balaban J connectivity index is 2.24. The topological polar surface area (TPSA) is 85.1 Å². The highest BCUT2D eigenvalue weighted by molar-refractivity contribution is 7.11. The summed E-state index contributed by atoms with van der Waals surface area (Å²) in [6.45, 7) is 0.233. The fourth-order valence-electron chi connectivity index (χ4n) is 1.16. The van der Waals surface area contributed by atoms with Crippen molar-refractivity contribution < 1.29 is 9.90 Å². The summed E-state index contributed by atoms with van der Waals surface area (Å²) in [5.41, 5.74) is 0.157. The van der Waals surface area contributed by atoms with Crippen LogP contribution < -0.4 is 5.69 Å². The molecule has 0 amide bonds. The van der Waals surface area contributed by atoms with Crippen LogP contribution >= 0.6 is 11.3 Å². The summed E-state index contributed by atoms with van der Waals surface area (Å²) >= 11 is 1.04. The van der Waals surface area contributed by atoms with E-state index in [9.17, 15) is 9.59 Å². The Kier molecular flexibility index (Phi) is 2.78. The van der Waals surface area contributed by atoms with E-state index in [0.717, 1.165) is 11.3 Å². The minimum atomic E-state index is -1.06. The molecule has 7 heteroatoms. The SMILES string of the molecule is O=C(O)c1nc(Cn2cccnc2=O)cs1. The second-order valence-corrected chi connectivity index (χ2v) is 3.84. The average molecular weight is 237 g/mol. The molecule has 0 aliphatic rings. The van der Waals surface area contributed by atoms with Crippen LogP contribution in [-0.2, 0) is 6.54 Å². The van der Waals surface area contributed by atoms with Crippen LogP contribution in [0.15, 0.2) is 28.6 Å². The lowest BCUT2D eigenvalue weighted by Crippen LogP contribution is -2.22. The predicted octanol–water partition coefficient (Wildman–Crippen LogP) is 0.446. The first-order chi connectivity index (χ1) is 7.66. The van der Waals surface area contributed by atoms with Gasteiger partial charge in [-0.25, -0.2) is 19.6 Å². The van der Waals surface area contributed by atoms with E-state index < -0.39 is 5.97 Å². The third kappa shape index (κ3) is 2.14. The maximum absolute atomic E-state index is 11.3. The van der Waals surface area contributed by atoms with E-state index in [0.29, 0.717) is 5.69 Å². The first kappa shape index (κ1) is 10.5. The molecule has 0 atom stereocenters. The van der Waals surface area contributed by atoms with E-state index in [1.165, 1.54) is 10.8 Å². The third-order valence-electron chi connectivity index (χ3n) is 1.85. The molecule has 82 valence electrons. The number of hydrogen-bond acceptors (Lipinski definition) is 5. The fraction of sp³-hybridized carbons (Fsp3) is 0.111. The van der Waals surface area contributed by atoms with Crippen LogP contribution in [0.4, 0.5) is 0 Å². The van der Waals surface area contributed by atoms with Gasteiger partial charge in [0.15, 0.2) is 0 Å². The lowest BCUT2D eigenvalue weighted by molar-refractivity contribution is 0.0696. The molecule has 0 saturated heterocycles. The first-order valence-electron chi connectivity index (χ1n) is 4.36. The van der Waals surface area contributed by atoms with Crippen molar-refractivity contribution >= 4 is 17.3 Å². The van der Waals surface area contributed by atoms with Gasteiger partial charge in [0, 0.05) is 17.8 Å². The molecule has 0 aliphatic heterocycles. The van der Waals surface area contributed by atoms with Crippen LogP contribution in [-0.4, -0.2) is 25.6 Å². The molecular formula is C9H7N3O3S. The van der Waals surface area contributed by atoms with Crippen molar-refractivity contribution in [2.45, 2.75) is 6.54 Å². The van der Waals surface area contributed by atoms with Gasteiger partial charge in [-0.15, -0.1) is 11.3 Å². The lowest BCUT2D eigenvalue weighted by atomic mass is 10.4. The Morgan fingerprint density at radius 3 is 3.00 bits per heavy atom. The summed E-state index contributed by atoms with van der Waals surface area (Å²) in [6, 6.07) is 1.63. The van der Waals surface area contributed by atoms with Crippen LogP contribution in [0.1, 0.15) is 15.5 Å². The minimum Gasteiger partial charge on any atom is -0.476 e. The van der Waals surface area contributed by atoms with Crippen molar-refractivity contribution in [3.05, 3.63) is 45.0 Å². The summed E-state index contributed by atoms with van der Waals surface area (Å²) in [6.07, 6.45) is 2.98. The standard InChI is InChI=1S/C9H7N3O3S/c13-8(14)7-11-6(5-16-7)4-12-3-1-2-10-9(12)15/h1-3,5H,4H2,(H,13,14). The molecule has 2 rings (SSSR count). The number of carboxylic acids is 1. The molecule has 2 heterocycles. The molecule has 0 saturated carbocycles. The summed E-state index contributed by atoms with van der Waals surface area (Å²) in [5.74, 6) is -1.06. The van der Waals surface area contributed by atoms with Crippen molar-refractivity contribution in [3.63, 3.8) is 0 Å². The lowest BCUT2D eigenvalue weighted by Gasteiger charge is -1.99. The molecule has 6 nitrogen and oxygen atoms in total. The monoisotopic (exact) mass is 237 g/mol. The highest BCUT2D eigenvalue weighted by Crippen LogP contribution is 2.09. The molecule has 0 fully saturated rings. The quantitative estimate of drug-likeness (QED) is 0.837. The highest BCUT2D eigenvalue weighted by Gasteiger charge is 2.09. The minimum absolute atomic E-state index is 0.0203. The van der Waals surface area contributed by atoms with Crippen molar-refractivity contribution in [2.75, 3.05) is 0 Å². The van der Waals surface area contributed by atoms with Crippen molar-refractivity contribution in [3.8, 4) is 0 Å². The Hall–Kier alpha value is -2.02. The number of aromatic carboxylic acids is 1. The first-order valence-corrected chi connectivity index (χ1v) is 5.24. The molecule has 0 bridgehead atoms. The number of aromatic nitrogens is 3. The van der Waals surface area contributed by atoms with Gasteiger partial charge in [-0.2, -0.15) is 0 Å². The van der Waals surface area contributed by atoms with E-state index in [-0.39, 0.29) is 17.2 Å². The molecule has 2 aromatic heterocycles. The molecule has 0 aliphatic carbocycles. The maximum Gasteiger partial charge on any atom is 0.365 e. The fourth-order valence-corrected chi connectivity index (χ4v) is 1.81. The summed E-state index contributed by atoms with van der Waals surface area (Å²) in [4.78, 5) is 29.3. The van der Waals surface area contributed by atoms with Gasteiger partial charge >= 0.3 is 11.7 Å². The van der Waals surface area contributed by atoms with E-state index in [1.54, 1.807) is 17.6 Å². The van der Waals surface area contributed by atoms with Gasteiger partial charge < -0.3 is 5.11 Å². The van der Waals surface area contributed by atoms with Gasteiger partial charge in [0.1, 0.15) is 0 Å². The summed E-state index contributed by atoms with van der Waals surface area (Å²) in [7, 11) is 0. The molecule has 0 aromatic carbocycles. The molecular weight excluding hydrogens is 230 g/mol. The molecule has 1 N–H and O–H groups in total. The molecule has 0 spiro atoms. The largest absolute Gasteiger partial charge is 0.476 e. The number of rotatable bonds is 3. The second-order valence-electron chi connectivity index (χ2n) is 2.98. The number of thiazole rings is 1. The van der Waals surface area contributed by atoms with Crippen LogP contribution in [0, 0.1) is 0 Å². The van der Waals surface area contributed by atoms with E-state index in [2.05, 4.69) is 9.97 Å². The molecule has 0 unspecified atom stereocenters. The van der Waals surface area contributed by atoms with Crippen LogP contribution in [0.2, 0.25) is 0 Å². The zero-order valence-electron chi connectivity index (χ0n) is 8.03. The predicted molar refractivity (Wildman–Crippen MR) is 56.7 cm³/mol. The molecule has 16 heavy (non-hydrogen) atoms. The van der Waals surface area contributed by atoms with Crippen molar-refractivity contribution in [1.82, 2.24) is 14.5 Å². The summed E-state index contributed by atoms with van der Waals surface area (Å²) < 4.78 is 1.36. The smallest absolute Gasteiger partial charge is 0.365 e. The van der Waals surface area contributed by atoms with Gasteiger partial charge in [-0.05, 0) is 6.07 Å². The third-order valence-corrected chi connectivity index (χ3v) is 2.73. The Labute approximate surface area is 93.8 Å². The normalized spacial score (nSPS) is 10.2. The average Bonchev–Trinajstić information content (AvgIpc) is 2.70.